The summed E-state index contributed by atoms with van der Waals surface area (Å²) in [5.74, 6) is 0.200. The van der Waals surface area contributed by atoms with Crippen LogP contribution in [0.25, 0.3) is 22.6 Å². The molecule has 0 aliphatic rings. The number of hydrogen-bond donors (Lipinski definition) is 0. The summed E-state index contributed by atoms with van der Waals surface area (Å²) in [7, 11) is 1.31. The maximum absolute atomic E-state index is 12.9. The first-order valence-electron chi connectivity index (χ1n) is 6.19. The Morgan fingerprint density at radius 1 is 1.14 bits per heavy atom. The lowest BCUT2D eigenvalue weighted by Gasteiger charge is -2.10. The first-order chi connectivity index (χ1) is 10.4. The zero-order valence-corrected chi connectivity index (χ0v) is 12.8. The van der Waals surface area contributed by atoms with E-state index in [0.29, 0.717) is 11.1 Å². The number of ether oxygens (including phenoxy) is 1. The summed E-state index contributed by atoms with van der Waals surface area (Å²) >= 11 is 3.30. The van der Waals surface area contributed by atoms with Crippen molar-refractivity contribution in [1.82, 2.24) is 4.98 Å². The van der Waals surface area contributed by atoms with E-state index >= 15 is 0 Å². The van der Waals surface area contributed by atoms with Crippen LogP contribution in [0.1, 0.15) is 5.56 Å². The molecule has 0 bridgehead atoms. The molecule has 114 valence electrons. The molecule has 0 radical (unpaired) electrons. The fourth-order valence-electron chi connectivity index (χ4n) is 2.03. The van der Waals surface area contributed by atoms with Crippen molar-refractivity contribution in [3.8, 4) is 17.2 Å². The average Bonchev–Trinajstić information content (AvgIpc) is 2.88. The van der Waals surface area contributed by atoms with E-state index in [4.69, 9.17) is 9.15 Å². The molecular formula is C15H9BrF3NO2. The quantitative estimate of drug-likeness (QED) is 0.614. The number of rotatable bonds is 2. The molecule has 0 unspecified atom stereocenters. The van der Waals surface area contributed by atoms with E-state index in [1.165, 1.54) is 13.2 Å². The van der Waals surface area contributed by atoms with Crippen molar-refractivity contribution < 1.29 is 22.3 Å². The summed E-state index contributed by atoms with van der Waals surface area (Å²) in [5.41, 5.74) is 0.444. The fourth-order valence-corrected chi connectivity index (χ4v) is 2.37. The number of hydrogen-bond acceptors (Lipinski definition) is 3. The SMILES string of the molecule is COc1cc(-c2nc3ccc(Br)cc3o2)cc(C(F)(F)F)c1. The third-order valence-corrected chi connectivity index (χ3v) is 3.56. The van der Waals surface area contributed by atoms with E-state index in [0.717, 1.165) is 16.6 Å². The van der Waals surface area contributed by atoms with Crippen LogP contribution in [0, 0.1) is 0 Å². The van der Waals surface area contributed by atoms with Gasteiger partial charge < -0.3 is 9.15 Å². The van der Waals surface area contributed by atoms with Gasteiger partial charge in [0.15, 0.2) is 5.58 Å². The number of fused-ring (bicyclic) bond motifs is 1. The first-order valence-corrected chi connectivity index (χ1v) is 6.99. The van der Waals surface area contributed by atoms with Gasteiger partial charge in [0.2, 0.25) is 5.89 Å². The van der Waals surface area contributed by atoms with Crippen LogP contribution in [0.3, 0.4) is 0 Å². The summed E-state index contributed by atoms with van der Waals surface area (Å²) in [4.78, 5) is 4.21. The molecule has 0 amide bonds. The largest absolute Gasteiger partial charge is 0.497 e. The highest BCUT2D eigenvalue weighted by atomic mass is 79.9. The average molecular weight is 372 g/mol. The Morgan fingerprint density at radius 2 is 1.91 bits per heavy atom. The molecule has 0 aliphatic heterocycles. The molecular weight excluding hydrogens is 363 g/mol. The summed E-state index contributed by atoms with van der Waals surface area (Å²) in [6, 6.07) is 8.58. The van der Waals surface area contributed by atoms with E-state index in [1.807, 2.05) is 0 Å². The molecule has 3 nitrogen and oxygen atoms in total. The summed E-state index contributed by atoms with van der Waals surface area (Å²) in [6.07, 6.45) is -4.47. The summed E-state index contributed by atoms with van der Waals surface area (Å²) in [6.45, 7) is 0. The second kappa shape index (κ2) is 5.31. The molecule has 3 rings (SSSR count). The molecule has 7 heteroatoms. The van der Waals surface area contributed by atoms with Crippen LogP contribution in [0.5, 0.6) is 5.75 Å². The van der Waals surface area contributed by atoms with Crippen molar-refractivity contribution in [3.63, 3.8) is 0 Å². The Labute approximate surface area is 131 Å². The number of methoxy groups -OCH3 is 1. The minimum absolute atomic E-state index is 0.0910. The Kier molecular flexibility index (Phi) is 3.60. The number of nitrogens with zero attached hydrogens (tertiary/aromatic N) is 1. The number of benzene rings is 2. The molecule has 1 aromatic heterocycles. The molecule has 0 spiro atoms. The summed E-state index contributed by atoms with van der Waals surface area (Å²) < 4.78 is 50.1. The number of oxazole rings is 1. The lowest BCUT2D eigenvalue weighted by Crippen LogP contribution is -2.05. The van der Waals surface area contributed by atoms with Crippen molar-refractivity contribution >= 4 is 27.0 Å². The molecule has 3 aromatic rings. The number of aromatic nitrogens is 1. The monoisotopic (exact) mass is 371 g/mol. The molecule has 0 N–H and O–H groups in total. The summed E-state index contributed by atoms with van der Waals surface area (Å²) in [5, 5.41) is 0. The minimum atomic E-state index is -4.47. The Hall–Kier alpha value is -2.02. The topological polar surface area (TPSA) is 35.3 Å². The Balaban J connectivity index is 2.16. The first kappa shape index (κ1) is 14.9. The van der Waals surface area contributed by atoms with E-state index < -0.39 is 11.7 Å². The normalized spacial score (nSPS) is 11.9. The van der Waals surface area contributed by atoms with Gasteiger partial charge in [0, 0.05) is 10.0 Å². The van der Waals surface area contributed by atoms with Gasteiger partial charge in [-0.25, -0.2) is 4.98 Å². The molecule has 0 atom stereocenters. The van der Waals surface area contributed by atoms with Crippen molar-refractivity contribution in [3.05, 3.63) is 46.4 Å². The number of alkyl halides is 3. The molecule has 2 aromatic carbocycles. The zero-order valence-electron chi connectivity index (χ0n) is 11.2. The standard InChI is InChI=1S/C15H9BrF3NO2/c1-21-11-5-8(4-9(6-11)15(17,18)19)14-20-12-3-2-10(16)7-13(12)22-14/h2-7H,1H3. The van der Waals surface area contributed by atoms with Gasteiger partial charge in [-0.05, 0) is 36.4 Å². The van der Waals surface area contributed by atoms with Gasteiger partial charge in [-0.3, -0.25) is 0 Å². The molecule has 0 fully saturated rings. The third kappa shape index (κ3) is 2.81. The highest BCUT2D eigenvalue weighted by molar-refractivity contribution is 9.10. The van der Waals surface area contributed by atoms with Crippen LogP contribution in [-0.4, -0.2) is 12.1 Å². The molecule has 22 heavy (non-hydrogen) atoms. The van der Waals surface area contributed by atoms with Crippen molar-refractivity contribution in [2.24, 2.45) is 0 Å². The second-order valence-corrected chi connectivity index (χ2v) is 5.49. The van der Waals surface area contributed by atoms with Gasteiger partial charge >= 0.3 is 6.18 Å². The van der Waals surface area contributed by atoms with E-state index in [1.54, 1.807) is 18.2 Å². The highest BCUT2D eigenvalue weighted by Gasteiger charge is 2.32. The minimum Gasteiger partial charge on any atom is -0.497 e. The van der Waals surface area contributed by atoms with E-state index in [9.17, 15) is 13.2 Å². The Morgan fingerprint density at radius 3 is 2.59 bits per heavy atom. The van der Waals surface area contributed by atoms with Gasteiger partial charge in [-0.2, -0.15) is 13.2 Å². The lowest BCUT2D eigenvalue weighted by molar-refractivity contribution is -0.137. The molecule has 0 saturated carbocycles. The van der Waals surface area contributed by atoms with Crippen LogP contribution in [0.15, 0.2) is 45.3 Å². The van der Waals surface area contributed by atoms with Gasteiger partial charge in [0.05, 0.1) is 12.7 Å². The fraction of sp³-hybridized carbons (Fsp3) is 0.133. The molecule has 0 saturated heterocycles. The lowest BCUT2D eigenvalue weighted by atomic mass is 10.1. The van der Waals surface area contributed by atoms with Gasteiger partial charge in [0.1, 0.15) is 11.3 Å². The van der Waals surface area contributed by atoms with Gasteiger partial charge in [-0.1, -0.05) is 15.9 Å². The highest BCUT2D eigenvalue weighted by Crippen LogP contribution is 2.36. The Bertz CT molecular complexity index is 842. The van der Waals surface area contributed by atoms with Crippen LogP contribution in [0.4, 0.5) is 13.2 Å². The van der Waals surface area contributed by atoms with Crippen LogP contribution in [-0.2, 0) is 6.18 Å². The van der Waals surface area contributed by atoms with Crippen LogP contribution >= 0.6 is 15.9 Å². The maximum Gasteiger partial charge on any atom is 0.416 e. The molecule has 0 aliphatic carbocycles. The predicted octanol–water partition coefficient (Wildman–Crippen LogP) is 5.28. The van der Waals surface area contributed by atoms with Gasteiger partial charge in [0.25, 0.3) is 0 Å². The maximum atomic E-state index is 12.9. The van der Waals surface area contributed by atoms with Crippen LogP contribution in [0.2, 0.25) is 0 Å². The van der Waals surface area contributed by atoms with Gasteiger partial charge in [-0.15, -0.1) is 0 Å². The zero-order chi connectivity index (χ0) is 15.9. The van der Waals surface area contributed by atoms with Crippen molar-refractivity contribution in [1.29, 1.82) is 0 Å². The van der Waals surface area contributed by atoms with Crippen molar-refractivity contribution in [2.75, 3.05) is 7.11 Å². The van der Waals surface area contributed by atoms with E-state index in [2.05, 4.69) is 20.9 Å². The second-order valence-electron chi connectivity index (χ2n) is 4.58. The number of halogens is 4. The molecule has 1 heterocycles. The van der Waals surface area contributed by atoms with Crippen molar-refractivity contribution in [2.45, 2.75) is 6.18 Å². The van der Waals surface area contributed by atoms with E-state index in [-0.39, 0.29) is 17.2 Å². The predicted molar refractivity (Wildman–Crippen MR) is 78.7 cm³/mol. The third-order valence-electron chi connectivity index (χ3n) is 3.07. The smallest absolute Gasteiger partial charge is 0.416 e. The van der Waals surface area contributed by atoms with Crippen LogP contribution < -0.4 is 4.74 Å².